The molecule has 5 nitrogen and oxygen atoms in total. The van der Waals surface area contributed by atoms with Gasteiger partial charge in [-0.15, -0.1) is 0 Å². The molecule has 0 bridgehead atoms. The predicted octanol–water partition coefficient (Wildman–Crippen LogP) is 5.98. The van der Waals surface area contributed by atoms with Crippen LogP contribution < -0.4 is 4.90 Å². The van der Waals surface area contributed by atoms with Gasteiger partial charge in [-0.05, 0) is 54.3 Å². The minimum Gasteiger partial charge on any atom is -0.459 e. The molecule has 0 N–H and O–H groups in total. The van der Waals surface area contributed by atoms with Gasteiger partial charge < -0.3 is 14.4 Å². The molecule has 172 valence electrons. The maximum Gasteiger partial charge on any atom is 0.338 e. The van der Waals surface area contributed by atoms with Gasteiger partial charge in [0.05, 0.1) is 29.5 Å². The molecule has 1 atom stereocenters. The monoisotopic (exact) mass is 471 g/mol. The fraction of sp³-hybridized carbons (Fsp3) is 0.214. The van der Waals surface area contributed by atoms with Crippen LogP contribution in [-0.4, -0.2) is 31.2 Å². The molecule has 2 aliphatic rings. The largest absolute Gasteiger partial charge is 0.459 e. The van der Waals surface area contributed by atoms with Crippen LogP contribution in [0.3, 0.4) is 0 Å². The van der Waals surface area contributed by atoms with Crippen LogP contribution in [0.4, 0.5) is 5.69 Å². The van der Waals surface area contributed by atoms with Gasteiger partial charge in [0, 0.05) is 16.4 Å². The summed E-state index contributed by atoms with van der Waals surface area (Å²) in [6, 6.07) is 21.0. The highest BCUT2D eigenvalue weighted by atomic mass is 32.2. The lowest BCUT2D eigenvalue weighted by atomic mass is 10.1. The quantitative estimate of drug-likeness (QED) is 0.414. The number of esters is 1. The third-order valence-corrected chi connectivity index (χ3v) is 7.19. The first-order valence-corrected chi connectivity index (χ1v) is 12.2. The SMILES string of the molecule is C=Cc1ccc(CN2C(=O)c3ccccc3Sc3ccc(C(=O)OC[C@@H]4CCCO4)cc32)cc1. The van der Waals surface area contributed by atoms with Gasteiger partial charge in [0.1, 0.15) is 6.61 Å². The lowest BCUT2D eigenvalue weighted by Gasteiger charge is -2.24. The van der Waals surface area contributed by atoms with Crippen molar-refractivity contribution in [3.05, 3.63) is 95.6 Å². The van der Waals surface area contributed by atoms with Crippen LogP contribution in [0.1, 0.15) is 44.7 Å². The number of fused-ring (bicyclic) bond motifs is 2. The molecule has 34 heavy (non-hydrogen) atoms. The van der Waals surface area contributed by atoms with Crippen molar-refractivity contribution < 1.29 is 19.1 Å². The lowest BCUT2D eigenvalue weighted by Crippen LogP contribution is -2.30. The fourth-order valence-corrected chi connectivity index (χ4v) is 5.23. The molecule has 0 spiro atoms. The maximum absolute atomic E-state index is 13.7. The summed E-state index contributed by atoms with van der Waals surface area (Å²) in [7, 11) is 0. The molecular weight excluding hydrogens is 446 g/mol. The number of anilines is 1. The van der Waals surface area contributed by atoms with Crippen LogP contribution in [0.2, 0.25) is 0 Å². The van der Waals surface area contributed by atoms with Crippen molar-refractivity contribution >= 4 is 35.4 Å². The second-order valence-electron chi connectivity index (χ2n) is 8.35. The van der Waals surface area contributed by atoms with E-state index in [1.54, 1.807) is 23.1 Å². The zero-order chi connectivity index (χ0) is 23.5. The Labute approximate surface area is 203 Å². The van der Waals surface area contributed by atoms with Crippen LogP contribution in [0.15, 0.2) is 83.1 Å². The Balaban J connectivity index is 1.48. The van der Waals surface area contributed by atoms with E-state index < -0.39 is 5.97 Å². The van der Waals surface area contributed by atoms with Gasteiger partial charge >= 0.3 is 5.97 Å². The number of nitrogens with zero attached hydrogens (tertiary/aromatic N) is 1. The third-order valence-electron chi connectivity index (χ3n) is 6.05. The minimum absolute atomic E-state index is 0.0357. The van der Waals surface area contributed by atoms with E-state index in [2.05, 4.69) is 6.58 Å². The Morgan fingerprint density at radius 1 is 1.12 bits per heavy atom. The van der Waals surface area contributed by atoms with Crippen molar-refractivity contribution in [1.29, 1.82) is 0 Å². The summed E-state index contributed by atoms with van der Waals surface area (Å²) in [5.41, 5.74) is 3.77. The van der Waals surface area contributed by atoms with Crippen LogP contribution in [0.5, 0.6) is 0 Å². The first-order chi connectivity index (χ1) is 16.6. The molecule has 3 aromatic rings. The van der Waals surface area contributed by atoms with E-state index >= 15 is 0 Å². The van der Waals surface area contributed by atoms with E-state index in [0.717, 1.165) is 33.8 Å². The second kappa shape index (κ2) is 9.87. The first kappa shape index (κ1) is 22.4. The average molecular weight is 472 g/mol. The molecule has 1 saturated heterocycles. The lowest BCUT2D eigenvalue weighted by molar-refractivity contribution is 0.0161. The van der Waals surface area contributed by atoms with Gasteiger partial charge in [0.15, 0.2) is 0 Å². The number of benzene rings is 3. The number of carbonyl (C=O) groups excluding carboxylic acids is 2. The van der Waals surface area contributed by atoms with Crippen molar-refractivity contribution in [2.24, 2.45) is 0 Å². The Hall–Kier alpha value is -3.35. The Morgan fingerprint density at radius 2 is 1.94 bits per heavy atom. The molecule has 1 amide bonds. The van der Waals surface area contributed by atoms with Crippen molar-refractivity contribution in [3.63, 3.8) is 0 Å². The van der Waals surface area contributed by atoms with E-state index in [0.29, 0.717) is 30.0 Å². The zero-order valence-corrected chi connectivity index (χ0v) is 19.6. The van der Waals surface area contributed by atoms with E-state index in [1.807, 2.05) is 54.6 Å². The Morgan fingerprint density at radius 3 is 2.71 bits per heavy atom. The molecule has 0 aromatic heterocycles. The molecular formula is C28H25NO4S. The molecule has 2 aliphatic heterocycles. The highest BCUT2D eigenvalue weighted by Crippen LogP contribution is 2.42. The molecule has 0 saturated carbocycles. The minimum atomic E-state index is -0.409. The summed E-state index contributed by atoms with van der Waals surface area (Å²) in [5, 5.41) is 0. The molecule has 5 rings (SSSR count). The molecule has 2 heterocycles. The summed E-state index contributed by atoms with van der Waals surface area (Å²) in [4.78, 5) is 30.0. The van der Waals surface area contributed by atoms with Gasteiger partial charge in [0.25, 0.3) is 5.91 Å². The zero-order valence-electron chi connectivity index (χ0n) is 18.7. The molecule has 0 aliphatic carbocycles. The number of rotatable bonds is 6. The summed E-state index contributed by atoms with van der Waals surface area (Å²) >= 11 is 1.53. The Kier molecular flexibility index (Phi) is 6.52. The number of hydrogen-bond acceptors (Lipinski definition) is 5. The maximum atomic E-state index is 13.7. The third kappa shape index (κ3) is 4.65. The highest BCUT2D eigenvalue weighted by molar-refractivity contribution is 7.99. The number of carbonyl (C=O) groups is 2. The van der Waals surface area contributed by atoms with E-state index in [9.17, 15) is 9.59 Å². The normalized spacial score (nSPS) is 17.0. The van der Waals surface area contributed by atoms with Gasteiger partial charge in [-0.25, -0.2) is 4.79 Å². The van der Waals surface area contributed by atoms with Crippen molar-refractivity contribution in [2.75, 3.05) is 18.1 Å². The van der Waals surface area contributed by atoms with Crippen LogP contribution in [-0.2, 0) is 16.0 Å². The van der Waals surface area contributed by atoms with Crippen molar-refractivity contribution in [2.45, 2.75) is 35.3 Å². The standard InChI is InChI=1S/C28H25NO4S/c1-2-19-9-11-20(12-10-19)17-29-24-16-21(28(31)33-18-22-6-5-15-32-22)13-14-26(24)34-25-8-4-3-7-23(25)27(29)30/h2-4,7-14,16,22H,1,5-6,15,17-18H2/t22-/m0/s1. The fourth-order valence-electron chi connectivity index (χ4n) is 4.17. The van der Waals surface area contributed by atoms with Gasteiger partial charge in [-0.3, -0.25) is 4.79 Å². The molecule has 0 radical (unpaired) electrons. The first-order valence-electron chi connectivity index (χ1n) is 11.4. The molecule has 1 fully saturated rings. The Bertz CT molecular complexity index is 1230. The molecule has 0 unspecified atom stereocenters. The summed E-state index contributed by atoms with van der Waals surface area (Å²) < 4.78 is 11.1. The number of hydrogen-bond donors (Lipinski definition) is 0. The van der Waals surface area contributed by atoms with Crippen LogP contribution in [0.25, 0.3) is 6.08 Å². The predicted molar refractivity (Wildman–Crippen MR) is 133 cm³/mol. The topological polar surface area (TPSA) is 55.8 Å². The van der Waals surface area contributed by atoms with Gasteiger partial charge in [0.2, 0.25) is 0 Å². The summed E-state index contributed by atoms with van der Waals surface area (Å²) in [5.74, 6) is -0.507. The summed E-state index contributed by atoms with van der Waals surface area (Å²) in [6.45, 7) is 5.14. The number of ether oxygens (including phenoxy) is 2. The van der Waals surface area contributed by atoms with Crippen LogP contribution >= 0.6 is 11.8 Å². The van der Waals surface area contributed by atoms with Crippen molar-refractivity contribution in [3.8, 4) is 0 Å². The number of amides is 1. The smallest absolute Gasteiger partial charge is 0.338 e. The van der Waals surface area contributed by atoms with E-state index in [1.165, 1.54) is 11.8 Å². The van der Waals surface area contributed by atoms with Crippen LogP contribution in [0, 0.1) is 0 Å². The average Bonchev–Trinajstić information content (AvgIpc) is 3.37. The van der Waals surface area contributed by atoms with Gasteiger partial charge in [-0.2, -0.15) is 0 Å². The van der Waals surface area contributed by atoms with Gasteiger partial charge in [-0.1, -0.05) is 60.8 Å². The molecule has 6 heteroatoms. The molecule has 3 aromatic carbocycles. The second-order valence-corrected chi connectivity index (χ2v) is 9.43. The van der Waals surface area contributed by atoms with Crippen molar-refractivity contribution in [1.82, 2.24) is 0 Å². The summed E-state index contributed by atoms with van der Waals surface area (Å²) in [6.07, 6.45) is 3.65. The van der Waals surface area contributed by atoms with E-state index in [-0.39, 0.29) is 18.6 Å². The van der Waals surface area contributed by atoms with E-state index in [4.69, 9.17) is 9.47 Å². The highest BCUT2D eigenvalue weighted by Gasteiger charge is 2.28.